The SMILES string of the molecule is Nc1cnccc1S(=O)CC(=O)NC1CCCCCC1. The maximum Gasteiger partial charge on any atom is 0.233 e. The molecule has 0 spiro atoms. The maximum atomic E-state index is 12.1. The molecular formula is C14H21N3O2S. The summed E-state index contributed by atoms with van der Waals surface area (Å²) in [5, 5.41) is 2.99. The minimum atomic E-state index is -1.41. The van der Waals surface area contributed by atoms with Crippen LogP contribution in [0.4, 0.5) is 5.69 Å². The van der Waals surface area contributed by atoms with Gasteiger partial charge in [0.2, 0.25) is 5.91 Å². The minimum Gasteiger partial charge on any atom is -0.396 e. The number of nitrogens with one attached hydrogen (secondary N) is 1. The third-order valence-electron chi connectivity index (χ3n) is 3.54. The molecule has 1 atom stereocenters. The Morgan fingerprint density at radius 3 is 2.70 bits per heavy atom. The third-order valence-corrected chi connectivity index (χ3v) is 4.92. The molecule has 2 rings (SSSR count). The summed E-state index contributed by atoms with van der Waals surface area (Å²) in [6, 6.07) is 1.83. The van der Waals surface area contributed by atoms with Crippen molar-refractivity contribution >= 4 is 22.4 Å². The molecule has 110 valence electrons. The van der Waals surface area contributed by atoms with E-state index < -0.39 is 10.8 Å². The van der Waals surface area contributed by atoms with Crippen LogP contribution in [-0.2, 0) is 15.6 Å². The van der Waals surface area contributed by atoms with Crippen molar-refractivity contribution in [2.24, 2.45) is 0 Å². The number of amides is 1. The lowest BCUT2D eigenvalue weighted by Gasteiger charge is -2.16. The van der Waals surface area contributed by atoms with Crippen LogP contribution < -0.4 is 11.1 Å². The van der Waals surface area contributed by atoms with Crippen molar-refractivity contribution in [3.05, 3.63) is 18.5 Å². The molecule has 1 unspecified atom stereocenters. The summed E-state index contributed by atoms with van der Waals surface area (Å²) in [6.45, 7) is 0. The normalized spacial score (nSPS) is 18.2. The molecule has 1 amide bonds. The first-order valence-electron chi connectivity index (χ1n) is 7.04. The van der Waals surface area contributed by atoms with Crippen molar-refractivity contribution in [3.63, 3.8) is 0 Å². The number of carbonyl (C=O) groups excluding carboxylic acids is 1. The molecule has 1 aliphatic carbocycles. The number of carbonyl (C=O) groups is 1. The molecule has 3 N–H and O–H groups in total. The van der Waals surface area contributed by atoms with Crippen molar-refractivity contribution < 1.29 is 9.00 Å². The zero-order valence-electron chi connectivity index (χ0n) is 11.5. The molecule has 0 aliphatic heterocycles. The summed E-state index contributed by atoms with van der Waals surface area (Å²) in [6.07, 6.45) is 9.84. The Bertz CT molecular complexity index is 485. The first-order chi connectivity index (χ1) is 9.66. The Kier molecular flexibility index (Phi) is 5.52. The number of hydrogen-bond donors (Lipinski definition) is 2. The molecule has 1 aromatic rings. The quantitative estimate of drug-likeness (QED) is 0.826. The molecule has 1 aliphatic rings. The van der Waals surface area contributed by atoms with Gasteiger partial charge in [0, 0.05) is 12.2 Å². The maximum absolute atomic E-state index is 12.1. The van der Waals surface area contributed by atoms with Crippen molar-refractivity contribution in [2.45, 2.75) is 49.5 Å². The Balaban J connectivity index is 1.87. The van der Waals surface area contributed by atoms with E-state index in [1.807, 2.05) is 0 Å². The highest BCUT2D eigenvalue weighted by Crippen LogP contribution is 2.18. The van der Waals surface area contributed by atoms with Gasteiger partial charge in [-0.15, -0.1) is 0 Å². The number of nitrogens with zero attached hydrogens (tertiary/aromatic N) is 1. The molecule has 5 nitrogen and oxygen atoms in total. The Morgan fingerprint density at radius 2 is 2.05 bits per heavy atom. The van der Waals surface area contributed by atoms with Gasteiger partial charge >= 0.3 is 0 Å². The average Bonchev–Trinajstić information content (AvgIpc) is 2.67. The molecule has 1 heterocycles. The number of nitrogen functional groups attached to an aromatic ring is 1. The molecule has 1 aromatic heterocycles. The van der Waals surface area contributed by atoms with Crippen molar-refractivity contribution in [2.75, 3.05) is 11.5 Å². The topological polar surface area (TPSA) is 85.1 Å². The summed E-state index contributed by atoms with van der Waals surface area (Å²) < 4.78 is 12.1. The predicted octanol–water partition coefficient (Wildman–Crippen LogP) is 1.61. The van der Waals surface area contributed by atoms with E-state index in [0.717, 1.165) is 25.7 Å². The van der Waals surface area contributed by atoms with Gasteiger partial charge in [-0.25, -0.2) is 0 Å². The van der Waals surface area contributed by atoms with Gasteiger partial charge < -0.3 is 11.1 Å². The highest BCUT2D eigenvalue weighted by molar-refractivity contribution is 7.86. The molecular weight excluding hydrogens is 274 g/mol. The number of hydrogen-bond acceptors (Lipinski definition) is 4. The zero-order valence-corrected chi connectivity index (χ0v) is 12.3. The second-order valence-corrected chi connectivity index (χ2v) is 6.58. The second kappa shape index (κ2) is 7.38. The third kappa shape index (κ3) is 4.30. The molecule has 1 saturated carbocycles. The summed E-state index contributed by atoms with van der Waals surface area (Å²) in [4.78, 5) is 16.3. The average molecular weight is 295 g/mol. The number of pyridine rings is 1. The van der Waals surface area contributed by atoms with Gasteiger partial charge in [-0.1, -0.05) is 25.7 Å². The van der Waals surface area contributed by atoms with Crippen LogP contribution in [0.2, 0.25) is 0 Å². The molecule has 0 aromatic carbocycles. The van der Waals surface area contributed by atoms with E-state index in [0.29, 0.717) is 10.6 Å². The number of nitrogens with two attached hydrogens (primary N) is 1. The smallest absolute Gasteiger partial charge is 0.233 e. The van der Waals surface area contributed by atoms with Crippen LogP contribution in [-0.4, -0.2) is 26.9 Å². The summed E-state index contributed by atoms with van der Waals surface area (Å²) in [5.41, 5.74) is 6.08. The van der Waals surface area contributed by atoms with Crippen LogP contribution in [0.1, 0.15) is 38.5 Å². The first-order valence-corrected chi connectivity index (χ1v) is 8.36. The van der Waals surface area contributed by atoms with E-state index in [4.69, 9.17) is 5.73 Å². The minimum absolute atomic E-state index is 0.0370. The lowest BCUT2D eigenvalue weighted by atomic mass is 10.1. The summed E-state index contributed by atoms with van der Waals surface area (Å²) in [5.74, 6) is -0.198. The number of rotatable bonds is 4. The lowest BCUT2D eigenvalue weighted by Crippen LogP contribution is -2.37. The molecule has 1 fully saturated rings. The van der Waals surface area contributed by atoms with Crippen molar-refractivity contribution in [1.82, 2.24) is 10.3 Å². The lowest BCUT2D eigenvalue weighted by molar-refractivity contribution is -0.119. The van der Waals surface area contributed by atoms with Gasteiger partial charge in [0.25, 0.3) is 0 Å². The second-order valence-electron chi connectivity index (χ2n) is 5.16. The van der Waals surface area contributed by atoms with Crippen LogP contribution >= 0.6 is 0 Å². The highest BCUT2D eigenvalue weighted by Gasteiger charge is 2.17. The summed E-state index contributed by atoms with van der Waals surface area (Å²) >= 11 is 0. The van der Waals surface area contributed by atoms with Gasteiger partial charge in [0.1, 0.15) is 5.75 Å². The van der Waals surface area contributed by atoms with E-state index in [-0.39, 0.29) is 17.7 Å². The summed E-state index contributed by atoms with van der Waals surface area (Å²) in [7, 11) is -1.41. The Hall–Kier alpha value is -1.43. The van der Waals surface area contributed by atoms with Gasteiger partial charge in [-0.05, 0) is 18.9 Å². The van der Waals surface area contributed by atoms with Crippen LogP contribution in [0.15, 0.2) is 23.4 Å². The van der Waals surface area contributed by atoms with E-state index >= 15 is 0 Å². The van der Waals surface area contributed by atoms with Gasteiger partial charge in [-0.3, -0.25) is 14.0 Å². The van der Waals surface area contributed by atoms with Crippen LogP contribution in [0.5, 0.6) is 0 Å². The zero-order chi connectivity index (χ0) is 14.4. The molecule has 0 bridgehead atoms. The van der Waals surface area contributed by atoms with Gasteiger partial charge in [-0.2, -0.15) is 0 Å². The fourth-order valence-electron chi connectivity index (χ4n) is 2.49. The van der Waals surface area contributed by atoms with E-state index in [9.17, 15) is 9.00 Å². The molecule has 20 heavy (non-hydrogen) atoms. The Labute approximate surface area is 121 Å². The predicted molar refractivity (Wildman–Crippen MR) is 79.6 cm³/mol. The van der Waals surface area contributed by atoms with E-state index in [1.165, 1.54) is 25.2 Å². The van der Waals surface area contributed by atoms with E-state index in [2.05, 4.69) is 10.3 Å². The molecule has 0 radical (unpaired) electrons. The molecule has 6 heteroatoms. The van der Waals surface area contributed by atoms with Gasteiger partial charge in [0.05, 0.1) is 27.6 Å². The van der Waals surface area contributed by atoms with Crippen molar-refractivity contribution in [1.29, 1.82) is 0 Å². The molecule has 0 saturated heterocycles. The van der Waals surface area contributed by atoms with Crippen LogP contribution in [0, 0.1) is 0 Å². The highest BCUT2D eigenvalue weighted by atomic mass is 32.2. The number of anilines is 1. The van der Waals surface area contributed by atoms with Crippen LogP contribution in [0.25, 0.3) is 0 Å². The van der Waals surface area contributed by atoms with E-state index in [1.54, 1.807) is 6.07 Å². The van der Waals surface area contributed by atoms with Crippen molar-refractivity contribution in [3.8, 4) is 0 Å². The standard InChI is InChI=1S/C14H21N3O2S/c15-12-9-16-8-7-13(12)20(19)10-14(18)17-11-5-3-1-2-4-6-11/h7-9,11H,1-6,10,15H2,(H,17,18). The fourth-order valence-corrected chi connectivity index (χ4v) is 3.50. The first kappa shape index (κ1) is 15.0. The van der Waals surface area contributed by atoms with Gasteiger partial charge in [0.15, 0.2) is 0 Å². The van der Waals surface area contributed by atoms with Crippen LogP contribution in [0.3, 0.4) is 0 Å². The fraction of sp³-hybridized carbons (Fsp3) is 0.571. The largest absolute Gasteiger partial charge is 0.396 e. The monoisotopic (exact) mass is 295 g/mol. The number of aromatic nitrogens is 1. The Morgan fingerprint density at radius 1 is 1.35 bits per heavy atom.